The van der Waals surface area contributed by atoms with Crippen LogP contribution in [0, 0.1) is 17.6 Å². The van der Waals surface area contributed by atoms with E-state index in [0.29, 0.717) is 33.9 Å². The Balaban J connectivity index is 1.50. The molecule has 38 heavy (non-hydrogen) atoms. The molecule has 0 unspecified atom stereocenters. The molecule has 0 atom stereocenters. The monoisotopic (exact) mass is 514 g/mol. The summed E-state index contributed by atoms with van der Waals surface area (Å²) in [6, 6.07) is 23.6. The number of hydrogen-bond donors (Lipinski definition) is 4. The smallest absolute Gasteiger partial charge is 0.255 e. The van der Waals surface area contributed by atoms with Crippen molar-refractivity contribution in [2.24, 2.45) is 5.92 Å². The third-order valence-corrected chi connectivity index (χ3v) is 5.72. The Morgan fingerprint density at radius 1 is 0.658 bits per heavy atom. The largest absolute Gasteiger partial charge is 0.397 e. The zero-order valence-corrected chi connectivity index (χ0v) is 20.1. The van der Waals surface area contributed by atoms with Crippen molar-refractivity contribution in [2.45, 2.75) is 6.42 Å². The van der Waals surface area contributed by atoms with Gasteiger partial charge in [-0.25, -0.2) is 8.78 Å². The van der Waals surface area contributed by atoms with Crippen molar-refractivity contribution in [2.75, 3.05) is 21.7 Å². The van der Waals surface area contributed by atoms with Gasteiger partial charge in [-0.3, -0.25) is 14.4 Å². The molecule has 3 amide bonds. The minimum absolute atomic E-state index is 0.00753. The summed E-state index contributed by atoms with van der Waals surface area (Å²) < 4.78 is 26.5. The third-order valence-electron chi connectivity index (χ3n) is 5.72. The number of para-hydroxylation sites is 2. The first-order valence-corrected chi connectivity index (χ1v) is 11.7. The van der Waals surface area contributed by atoms with Gasteiger partial charge in [0.1, 0.15) is 17.6 Å². The van der Waals surface area contributed by atoms with E-state index >= 15 is 0 Å². The number of anilines is 4. The second kappa shape index (κ2) is 11.8. The normalized spacial score (nSPS) is 10.6. The van der Waals surface area contributed by atoms with Crippen LogP contribution in [0.3, 0.4) is 0 Å². The van der Waals surface area contributed by atoms with Gasteiger partial charge in [0.2, 0.25) is 11.8 Å². The summed E-state index contributed by atoms with van der Waals surface area (Å²) in [6.45, 7) is 0. The van der Waals surface area contributed by atoms with Gasteiger partial charge in [-0.15, -0.1) is 0 Å². The quantitative estimate of drug-likeness (QED) is 0.190. The van der Waals surface area contributed by atoms with Crippen molar-refractivity contribution >= 4 is 40.5 Å². The number of hydrogen-bond acceptors (Lipinski definition) is 4. The van der Waals surface area contributed by atoms with Crippen molar-refractivity contribution < 1.29 is 23.2 Å². The van der Waals surface area contributed by atoms with Crippen LogP contribution in [0.4, 0.5) is 31.5 Å². The Morgan fingerprint density at radius 2 is 1.16 bits per heavy atom. The standard InChI is InChI=1S/C29H24F2N4O3/c30-20-9-13-22(14-10-20)33-28(37)24(29(38)34-23-15-11-21(31)12-16-23)17-18-5-7-19(8-6-18)27(36)35-26-4-2-1-3-25(26)32/h1-16,24H,17,32H2,(H,33,37)(H,34,38)(H,35,36). The maximum Gasteiger partial charge on any atom is 0.255 e. The lowest BCUT2D eigenvalue weighted by molar-refractivity contribution is -0.129. The van der Waals surface area contributed by atoms with E-state index in [1.54, 1.807) is 48.5 Å². The summed E-state index contributed by atoms with van der Waals surface area (Å²) in [5, 5.41) is 7.99. The van der Waals surface area contributed by atoms with E-state index in [1.165, 1.54) is 48.5 Å². The number of amides is 3. The predicted molar refractivity (Wildman–Crippen MR) is 143 cm³/mol. The van der Waals surface area contributed by atoms with E-state index in [9.17, 15) is 23.2 Å². The fraction of sp³-hybridized carbons (Fsp3) is 0.0690. The van der Waals surface area contributed by atoms with Crippen LogP contribution in [0.2, 0.25) is 0 Å². The van der Waals surface area contributed by atoms with E-state index in [0.717, 1.165) is 0 Å². The lowest BCUT2D eigenvalue weighted by Crippen LogP contribution is -2.35. The molecule has 5 N–H and O–H groups in total. The Morgan fingerprint density at radius 3 is 1.66 bits per heavy atom. The molecule has 0 fully saturated rings. The van der Waals surface area contributed by atoms with Crippen LogP contribution in [0.1, 0.15) is 15.9 Å². The number of carbonyl (C=O) groups is 3. The highest BCUT2D eigenvalue weighted by Gasteiger charge is 2.27. The zero-order valence-electron chi connectivity index (χ0n) is 20.1. The number of nitrogens with one attached hydrogen (secondary N) is 3. The van der Waals surface area contributed by atoms with Gasteiger partial charge < -0.3 is 21.7 Å². The number of halogens is 2. The molecule has 0 bridgehead atoms. The minimum Gasteiger partial charge on any atom is -0.397 e. The number of rotatable bonds is 8. The van der Waals surface area contributed by atoms with Gasteiger partial charge in [0.25, 0.3) is 5.91 Å². The van der Waals surface area contributed by atoms with Crippen LogP contribution in [0.25, 0.3) is 0 Å². The SMILES string of the molecule is Nc1ccccc1NC(=O)c1ccc(CC(C(=O)Nc2ccc(F)cc2)C(=O)Nc2ccc(F)cc2)cc1. The molecule has 4 aromatic carbocycles. The predicted octanol–water partition coefficient (Wildman–Crippen LogP) is 5.24. The van der Waals surface area contributed by atoms with Crippen LogP contribution in [-0.2, 0) is 16.0 Å². The Hall–Kier alpha value is -5.05. The molecular formula is C29H24F2N4O3. The average Bonchev–Trinajstić information content (AvgIpc) is 2.91. The van der Waals surface area contributed by atoms with Crippen LogP contribution >= 0.6 is 0 Å². The Kier molecular flexibility index (Phi) is 8.07. The van der Waals surface area contributed by atoms with E-state index in [-0.39, 0.29) is 12.3 Å². The second-order valence-electron chi connectivity index (χ2n) is 8.49. The first-order chi connectivity index (χ1) is 18.3. The van der Waals surface area contributed by atoms with Crippen LogP contribution in [-0.4, -0.2) is 17.7 Å². The minimum atomic E-state index is -1.19. The van der Waals surface area contributed by atoms with Crippen LogP contribution in [0.5, 0.6) is 0 Å². The maximum atomic E-state index is 13.3. The van der Waals surface area contributed by atoms with Gasteiger partial charge in [0.05, 0.1) is 11.4 Å². The van der Waals surface area contributed by atoms with E-state index in [1.807, 2.05) is 0 Å². The fourth-order valence-electron chi connectivity index (χ4n) is 3.66. The molecule has 0 aliphatic heterocycles. The van der Waals surface area contributed by atoms with Crippen molar-refractivity contribution in [1.82, 2.24) is 0 Å². The number of carbonyl (C=O) groups excluding carboxylic acids is 3. The van der Waals surface area contributed by atoms with Crippen LogP contribution < -0.4 is 21.7 Å². The topological polar surface area (TPSA) is 113 Å². The molecule has 0 aliphatic carbocycles. The summed E-state index contributed by atoms with van der Waals surface area (Å²) >= 11 is 0. The van der Waals surface area contributed by atoms with Crippen molar-refractivity contribution in [3.8, 4) is 0 Å². The first-order valence-electron chi connectivity index (χ1n) is 11.7. The second-order valence-corrected chi connectivity index (χ2v) is 8.49. The highest BCUT2D eigenvalue weighted by Crippen LogP contribution is 2.20. The van der Waals surface area contributed by atoms with Gasteiger partial charge in [0, 0.05) is 16.9 Å². The number of benzene rings is 4. The van der Waals surface area contributed by atoms with Crippen molar-refractivity contribution in [3.05, 3.63) is 120 Å². The molecule has 0 aliphatic rings. The Labute approximate surface area is 217 Å². The van der Waals surface area contributed by atoms with E-state index in [4.69, 9.17) is 5.73 Å². The van der Waals surface area contributed by atoms with Crippen molar-refractivity contribution in [3.63, 3.8) is 0 Å². The van der Waals surface area contributed by atoms with Gasteiger partial charge in [-0.1, -0.05) is 24.3 Å². The fourth-order valence-corrected chi connectivity index (χ4v) is 3.66. The molecule has 7 nitrogen and oxygen atoms in total. The Bertz CT molecular complexity index is 1380. The van der Waals surface area contributed by atoms with E-state index < -0.39 is 29.4 Å². The molecule has 4 aromatic rings. The average molecular weight is 515 g/mol. The lowest BCUT2D eigenvalue weighted by atomic mass is 9.96. The van der Waals surface area contributed by atoms with E-state index in [2.05, 4.69) is 16.0 Å². The molecule has 0 radical (unpaired) electrons. The molecular weight excluding hydrogens is 490 g/mol. The molecule has 9 heteroatoms. The number of nitrogen functional groups attached to an aromatic ring is 1. The van der Waals surface area contributed by atoms with Gasteiger partial charge >= 0.3 is 0 Å². The zero-order chi connectivity index (χ0) is 27.1. The number of nitrogens with two attached hydrogens (primary N) is 1. The summed E-state index contributed by atoms with van der Waals surface area (Å²) in [5.74, 6) is -3.71. The van der Waals surface area contributed by atoms with Crippen LogP contribution in [0.15, 0.2) is 97.1 Å². The molecule has 0 spiro atoms. The molecule has 0 aromatic heterocycles. The molecule has 0 saturated carbocycles. The maximum absolute atomic E-state index is 13.3. The summed E-state index contributed by atoms with van der Waals surface area (Å²) in [7, 11) is 0. The van der Waals surface area contributed by atoms with Gasteiger partial charge in [-0.2, -0.15) is 0 Å². The van der Waals surface area contributed by atoms with Gasteiger partial charge in [-0.05, 0) is 84.8 Å². The lowest BCUT2D eigenvalue weighted by Gasteiger charge is -2.17. The molecule has 0 saturated heterocycles. The van der Waals surface area contributed by atoms with Crippen molar-refractivity contribution in [1.29, 1.82) is 0 Å². The van der Waals surface area contributed by atoms with Gasteiger partial charge in [0.15, 0.2) is 0 Å². The molecule has 0 heterocycles. The summed E-state index contributed by atoms with van der Waals surface area (Å²) in [6.07, 6.45) is 0.00753. The highest BCUT2D eigenvalue weighted by molar-refractivity contribution is 6.11. The third kappa shape index (κ3) is 6.79. The summed E-state index contributed by atoms with van der Waals surface area (Å²) in [5.41, 5.74) is 8.42. The molecule has 192 valence electrons. The highest BCUT2D eigenvalue weighted by atomic mass is 19.1. The molecule has 4 rings (SSSR count). The first kappa shape index (κ1) is 26.0. The summed E-state index contributed by atoms with van der Waals surface area (Å²) in [4.78, 5) is 38.8.